The Kier molecular flexibility index (Phi) is 3.54. The number of hydrogen-bond donors (Lipinski definition) is 2. The highest BCUT2D eigenvalue weighted by Crippen LogP contribution is 2.18. The maximum Gasteiger partial charge on any atom is 0.317 e. The van der Waals surface area contributed by atoms with E-state index in [1.807, 2.05) is 11.8 Å². The molecule has 0 aromatic heterocycles. The monoisotopic (exact) mass is 185 g/mol. The Hall–Kier alpha value is -0.770. The van der Waals surface area contributed by atoms with Gasteiger partial charge in [-0.3, -0.25) is 0 Å². The van der Waals surface area contributed by atoms with Gasteiger partial charge >= 0.3 is 6.03 Å². The van der Waals surface area contributed by atoms with Crippen molar-refractivity contribution in [3.63, 3.8) is 0 Å². The fourth-order valence-electron chi connectivity index (χ4n) is 1.78. The third-order valence-electron chi connectivity index (χ3n) is 2.70. The minimum Gasteiger partial charge on any atom is -0.341 e. The Balaban J connectivity index is 2.46. The lowest BCUT2D eigenvalue weighted by Crippen LogP contribution is -2.47. The van der Waals surface area contributed by atoms with E-state index in [1.54, 1.807) is 7.05 Å². The Morgan fingerprint density at radius 2 is 2.38 bits per heavy atom. The number of urea groups is 1. The molecule has 4 nitrogen and oxygen atoms in total. The summed E-state index contributed by atoms with van der Waals surface area (Å²) < 4.78 is 0. The van der Waals surface area contributed by atoms with Crippen LogP contribution in [0.3, 0.4) is 0 Å². The molecule has 13 heavy (non-hydrogen) atoms. The van der Waals surface area contributed by atoms with E-state index in [0.29, 0.717) is 5.92 Å². The number of nitrogens with one attached hydrogen (secondary N) is 1. The van der Waals surface area contributed by atoms with Gasteiger partial charge in [0, 0.05) is 26.2 Å². The summed E-state index contributed by atoms with van der Waals surface area (Å²) in [6, 6.07) is 0.206. The first-order chi connectivity index (χ1) is 6.15. The van der Waals surface area contributed by atoms with Crippen LogP contribution in [0.25, 0.3) is 0 Å². The predicted octanol–water partition coefficient (Wildman–Crippen LogP) is 0.385. The molecule has 2 unspecified atom stereocenters. The van der Waals surface area contributed by atoms with Crippen molar-refractivity contribution in [2.24, 2.45) is 11.7 Å². The first-order valence-corrected chi connectivity index (χ1v) is 4.87. The van der Waals surface area contributed by atoms with E-state index in [2.05, 4.69) is 5.32 Å². The molecule has 1 saturated heterocycles. The average Bonchev–Trinajstić information content (AvgIpc) is 2.17. The predicted molar refractivity (Wildman–Crippen MR) is 52.4 cm³/mol. The molecular formula is C9H19N3O. The highest BCUT2D eigenvalue weighted by atomic mass is 16.2. The lowest BCUT2D eigenvalue weighted by Gasteiger charge is -2.34. The molecule has 1 fully saturated rings. The smallest absolute Gasteiger partial charge is 0.317 e. The van der Waals surface area contributed by atoms with Crippen molar-refractivity contribution in [2.45, 2.75) is 25.8 Å². The zero-order chi connectivity index (χ0) is 9.84. The number of carbonyl (C=O) groups excluding carboxylic acids is 1. The molecule has 0 radical (unpaired) electrons. The molecule has 0 saturated carbocycles. The van der Waals surface area contributed by atoms with Crippen molar-refractivity contribution >= 4 is 6.03 Å². The van der Waals surface area contributed by atoms with E-state index in [4.69, 9.17) is 5.73 Å². The zero-order valence-electron chi connectivity index (χ0n) is 8.42. The van der Waals surface area contributed by atoms with E-state index in [1.165, 1.54) is 0 Å². The minimum atomic E-state index is 0.0188. The van der Waals surface area contributed by atoms with Gasteiger partial charge in [-0.1, -0.05) is 0 Å². The van der Waals surface area contributed by atoms with Crippen molar-refractivity contribution in [3.8, 4) is 0 Å². The van der Waals surface area contributed by atoms with Crippen molar-refractivity contribution < 1.29 is 4.79 Å². The number of amides is 2. The lowest BCUT2D eigenvalue weighted by molar-refractivity contribution is 0.160. The number of likely N-dealkylation sites (tertiary alicyclic amines) is 1. The zero-order valence-corrected chi connectivity index (χ0v) is 8.42. The third-order valence-corrected chi connectivity index (χ3v) is 2.70. The van der Waals surface area contributed by atoms with Crippen LogP contribution in [0.5, 0.6) is 0 Å². The second-order valence-corrected chi connectivity index (χ2v) is 3.76. The molecule has 0 spiro atoms. The number of nitrogens with zero attached hydrogens (tertiary/aromatic N) is 1. The molecule has 3 N–H and O–H groups in total. The Morgan fingerprint density at radius 1 is 1.69 bits per heavy atom. The fourth-order valence-corrected chi connectivity index (χ4v) is 1.78. The van der Waals surface area contributed by atoms with Crippen LogP contribution in [-0.4, -0.2) is 37.1 Å². The van der Waals surface area contributed by atoms with E-state index in [-0.39, 0.29) is 12.1 Å². The van der Waals surface area contributed by atoms with Gasteiger partial charge < -0.3 is 16.0 Å². The summed E-state index contributed by atoms with van der Waals surface area (Å²) in [5.74, 6) is 0.464. The Morgan fingerprint density at radius 3 is 2.92 bits per heavy atom. The molecule has 0 bridgehead atoms. The van der Waals surface area contributed by atoms with Crippen LogP contribution in [0.1, 0.15) is 19.8 Å². The van der Waals surface area contributed by atoms with Crippen LogP contribution in [-0.2, 0) is 0 Å². The number of nitrogens with two attached hydrogens (primary N) is 1. The first-order valence-electron chi connectivity index (χ1n) is 4.87. The van der Waals surface area contributed by atoms with E-state index >= 15 is 0 Å². The standard InChI is InChI=1S/C9H19N3O/c1-7(10)8-4-3-5-12(6-8)9(13)11-2/h7-8H,3-6,10H2,1-2H3,(H,11,13). The summed E-state index contributed by atoms with van der Waals surface area (Å²) >= 11 is 0. The van der Waals surface area contributed by atoms with E-state index in [0.717, 1.165) is 25.9 Å². The van der Waals surface area contributed by atoms with Gasteiger partial charge in [0.2, 0.25) is 0 Å². The molecule has 0 aliphatic carbocycles. The molecule has 0 aromatic carbocycles. The van der Waals surface area contributed by atoms with Crippen LogP contribution in [0.4, 0.5) is 4.79 Å². The van der Waals surface area contributed by atoms with Gasteiger partial charge in [0.1, 0.15) is 0 Å². The van der Waals surface area contributed by atoms with Gasteiger partial charge in [-0.05, 0) is 25.7 Å². The Bertz CT molecular complexity index is 182. The van der Waals surface area contributed by atoms with Crippen molar-refractivity contribution in [3.05, 3.63) is 0 Å². The van der Waals surface area contributed by atoms with Crippen LogP contribution < -0.4 is 11.1 Å². The highest BCUT2D eigenvalue weighted by molar-refractivity contribution is 5.73. The van der Waals surface area contributed by atoms with Gasteiger partial charge in [0.25, 0.3) is 0 Å². The fraction of sp³-hybridized carbons (Fsp3) is 0.889. The number of piperidine rings is 1. The molecule has 76 valence electrons. The van der Waals surface area contributed by atoms with Crippen LogP contribution in [0.2, 0.25) is 0 Å². The van der Waals surface area contributed by atoms with Crippen LogP contribution in [0, 0.1) is 5.92 Å². The molecule has 1 heterocycles. The normalized spacial score (nSPS) is 25.5. The lowest BCUT2D eigenvalue weighted by atomic mass is 9.92. The summed E-state index contributed by atoms with van der Waals surface area (Å²) in [7, 11) is 1.66. The molecular weight excluding hydrogens is 166 g/mol. The third kappa shape index (κ3) is 2.59. The van der Waals surface area contributed by atoms with Gasteiger partial charge in [0.05, 0.1) is 0 Å². The summed E-state index contributed by atoms with van der Waals surface area (Å²) in [5, 5.41) is 2.64. The molecule has 1 rings (SSSR count). The van der Waals surface area contributed by atoms with Crippen molar-refractivity contribution in [1.29, 1.82) is 0 Å². The van der Waals surface area contributed by atoms with Gasteiger partial charge in [-0.15, -0.1) is 0 Å². The quantitative estimate of drug-likeness (QED) is 0.620. The topological polar surface area (TPSA) is 58.4 Å². The summed E-state index contributed by atoms with van der Waals surface area (Å²) in [6.45, 7) is 3.68. The van der Waals surface area contributed by atoms with Crippen LogP contribution >= 0.6 is 0 Å². The van der Waals surface area contributed by atoms with Gasteiger partial charge in [-0.25, -0.2) is 4.79 Å². The molecule has 4 heteroatoms. The maximum atomic E-state index is 11.3. The van der Waals surface area contributed by atoms with Crippen molar-refractivity contribution in [1.82, 2.24) is 10.2 Å². The van der Waals surface area contributed by atoms with Crippen LogP contribution in [0.15, 0.2) is 0 Å². The van der Waals surface area contributed by atoms with E-state index in [9.17, 15) is 4.79 Å². The number of hydrogen-bond acceptors (Lipinski definition) is 2. The second-order valence-electron chi connectivity index (χ2n) is 3.76. The number of carbonyl (C=O) groups is 1. The first kappa shape index (κ1) is 10.3. The molecule has 2 amide bonds. The van der Waals surface area contributed by atoms with Gasteiger partial charge in [-0.2, -0.15) is 0 Å². The second kappa shape index (κ2) is 4.46. The largest absolute Gasteiger partial charge is 0.341 e. The maximum absolute atomic E-state index is 11.3. The van der Waals surface area contributed by atoms with Crippen molar-refractivity contribution in [2.75, 3.05) is 20.1 Å². The SMILES string of the molecule is CNC(=O)N1CCCC(C(C)N)C1. The number of rotatable bonds is 1. The molecule has 2 atom stereocenters. The molecule has 0 aromatic rings. The van der Waals surface area contributed by atoms with E-state index < -0.39 is 0 Å². The summed E-state index contributed by atoms with van der Waals surface area (Å²) in [5.41, 5.74) is 5.81. The minimum absolute atomic E-state index is 0.0188. The molecule has 1 aliphatic heterocycles. The van der Waals surface area contributed by atoms with Gasteiger partial charge in [0.15, 0.2) is 0 Å². The molecule has 1 aliphatic rings. The Labute approximate surface area is 79.5 Å². The summed E-state index contributed by atoms with van der Waals surface area (Å²) in [4.78, 5) is 13.2. The summed E-state index contributed by atoms with van der Waals surface area (Å²) in [6.07, 6.45) is 2.21. The average molecular weight is 185 g/mol. The highest BCUT2D eigenvalue weighted by Gasteiger charge is 2.24.